The molecule has 1 nitrogen and oxygen atoms in total. The maximum atomic E-state index is 2.62. The van der Waals surface area contributed by atoms with Crippen LogP contribution in [0.4, 0.5) is 0 Å². The second-order valence-corrected chi connectivity index (χ2v) is 7.82. The minimum absolute atomic E-state index is 0.203. The molecule has 96 valence electrons. The van der Waals surface area contributed by atoms with E-state index in [1.54, 1.807) is 10.9 Å². The van der Waals surface area contributed by atoms with E-state index in [-0.39, 0.29) is 11.1 Å². The highest BCUT2D eigenvalue weighted by atomic mass is 28.1. The van der Waals surface area contributed by atoms with Crippen LogP contribution in [-0.2, 0) is 0 Å². The van der Waals surface area contributed by atoms with E-state index in [2.05, 4.69) is 60.3 Å². The van der Waals surface area contributed by atoms with Crippen LogP contribution in [0.15, 0.2) is 10.9 Å². The smallest absolute Gasteiger partial charge is 0.0355 e. The van der Waals surface area contributed by atoms with Crippen LogP contribution >= 0.6 is 0 Å². The van der Waals surface area contributed by atoms with Crippen molar-refractivity contribution in [1.29, 1.82) is 0 Å². The van der Waals surface area contributed by atoms with Gasteiger partial charge in [0.05, 0.1) is 0 Å². The highest BCUT2D eigenvalue weighted by Crippen LogP contribution is 2.32. The van der Waals surface area contributed by atoms with E-state index in [1.165, 1.54) is 16.7 Å². The average molecular weight is 241 g/mol. The summed E-state index contributed by atoms with van der Waals surface area (Å²) in [6.07, 6.45) is 2.36. The number of hydrogen-bond donors (Lipinski definition) is 0. The third-order valence-electron chi connectivity index (χ3n) is 2.97. The van der Waals surface area contributed by atoms with E-state index in [4.69, 9.17) is 0 Å². The van der Waals surface area contributed by atoms with Gasteiger partial charge in [0.25, 0.3) is 0 Å². The Kier molecular flexibility index (Phi) is 5.31. The van der Waals surface area contributed by atoms with Crippen LogP contribution in [0.2, 0.25) is 0 Å². The van der Waals surface area contributed by atoms with Gasteiger partial charge in [-0.25, -0.2) is 0 Å². The largest absolute Gasteiger partial charge is 0.366 e. The SMILES string of the molecule is CCC([SiH3])=C(CC)N(C(C)(C)C)C(C)(C)C. The second-order valence-electron chi connectivity index (χ2n) is 6.61. The molecule has 0 fully saturated rings. The van der Waals surface area contributed by atoms with Crippen LogP contribution in [0.3, 0.4) is 0 Å². The molecule has 0 amide bonds. The van der Waals surface area contributed by atoms with Gasteiger partial charge in [-0.3, -0.25) is 0 Å². The molecule has 0 bridgehead atoms. The summed E-state index contributed by atoms with van der Waals surface area (Å²) in [6, 6.07) is 0. The number of hydrogen-bond acceptors (Lipinski definition) is 1. The van der Waals surface area contributed by atoms with Gasteiger partial charge >= 0.3 is 0 Å². The molecule has 0 unspecified atom stereocenters. The van der Waals surface area contributed by atoms with Gasteiger partial charge in [0.1, 0.15) is 0 Å². The lowest BCUT2D eigenvalue weighted by Crippen LogP contribution is -2.52. The summed E-state index contributed by atoms with van der Waals surface area (Å²) in [5.41, 5.74) is 1.98. The first-order valence-corrected chi connectivity index (χ1v) is 7.54. The highest BCUT2D eigenvalue weighted by molar-refractivity contribution is 6.21. The van der Waals surface area contributed by atoms with Gasteiger partial charge in [0.2, 0.25) is 0 Å². The van der Waals surface area contributed by atoms with Gasteiger partial charge in [-0.15, -0.1) is 0 Å². The van der Waals surface area contributed by atoms with Gasteiger partial charge < -0.3 is 4.90 Å². The third kappa shape index (κ3) is 3.97. The van der Waals surface area contributed by atoms with Crippen molar-refractivity contribution < 1.29 is 0 Å². The molecule has 0 aromatic carbocycles. The Morgan fingerprint density at radius 1 is 0.875 bits per heavy atom. The van der Waals surface area contributed by atoms with E-state index >= 15 is 0 Å². The highest BCUT2D eigenvalue weighted by Gasteiger charge is 2.32. The zero-order chi connectivity index (χ0) is 13.1. The molecule has 0 spiro atoms. The summed E-state index contributed by atoms with van der Waals surface area (Å²) in [7, 11) is 1.19. The molecule has 0 N–H and O–H groups in total. The van der Waals surface area contributed by atoms with Crippen LogP contribution in [0.1, 0.15) is 68.2 Å². The molecule has 0 heterocycles. The van der Waals surface area contributed by atoms with Crippen molar-refractivity contribution in [3.63, 3.8) is 0 Å². The van der Waals surface area contributed by atoms with E-state index in [9.17, 15) is 0 Å². The van der Waals surface area contributed by atoms with Crippen molar-refractivity contribution in [2.45, 2.75) is 79.3 Å². The molecule has 0 aliphatic rings. The molecule has 0 saturated heterocycles. The predicted octanol–water partition coefficient (Wildman–Crippen LogP) is 3.28. The van der Waals surface area contributed by atoms with Crippen molar-refractivity contribution in [2.75, 3.05) is 0 Å². The van der Waals surface area contributed by atoms with Crippen LogP contribution in [-0.4, -0.2) is 26.2 Å². The van der Waals surface area contributed by atoms with Crippen LogP contribution in [0, 0.1) is 0 Å². The Hall–Kier alpha value is -0.243. The van der Waals surface area contributed by atoms with Crippen LogP contribution in [0.5, 0.6) is 0 Å². The Morgan fingerprint density at radius 3 is 1.44 bits per heavy atom. The predicted molar refractivity (Wildman–Crippen MR) is 78.9 cm³/mol. The van der Waals surface area contributed by atoms with E-state index in [0.717, 1.165) is 6.42 Å². The lowest BCUT2D eigenvalue weighted by Gasteiger charge is -2.49. The van der Waals surface area contributed by atoms with Crippen LogP contribution < -0.4 is 0 Å². The molecular weight excluding hydrogens is 210 g/mol. The summed E-state index contributed by atoms with van der Waals surface area (Å²) in [6.45, 7) is 18.5. The number of rotatable bonds is 3. The first-order chi connectivity index (χ1) is 7.05. The van der Waals surface area contributed by atoms with Crippen molar-refractivity contribution in [1.82, 2.24) is 4.90 Å². The molecule has 0 aliphatic carbocycles. The normalized spacial score (nSPS) is 15.0. The number of allylic oxidation sites excluding steroid dienone is 2. The Balaban J connectivity index is 5.53. The van der Waals surface area contributed by atoms with Gasteiger partial charge in [-0.05, 0) is 54.4 Å². The first-order valence-electron chi connectivity index (χ1n) is 6.54. The molecular formula is C14H31NSi. The second kappa shape index (κ2) is 5.39. The van der Waals surface area contributed by atoms with E-state index in [1.807, 2.05) is 0 Å². The van der Waals surface area contributed by atoms with Crippen molar-refractivity contribution in [3.8, 4) is 0 Å². The van der Waals surface area contributed by atoms with Gasteiger partial charge in [0.15, 0.2) is 0 Å². The molecule has 0 aromatic heterocycles. The monoisotopic (exact) mass is 241 g/mol. The number of nitrogens with zero attached hydrogens (tertiary/aromatic N) is 1. The first kappa shape index (κ1) is 15.8. The molecule has 0 atom stereocenters. The summed E-state index contributed by atoms with van der Waals surface area (Å²) < 4.78 is 0. The van der Waals surface area contributed by atoms with Gasteiger partial charge in [0, 0.05) is 27.0 Å². The Labute approximate surface area is 106 Å². The zero-order valence-corrected chi connectivity index (χ0v) is 14.9. The molecule has 0 aromatic rings. The standard InChI is InChI=1S/C14H31NSi/c1-9-11(12(16)10-2)15(13(3,4)5)14(6,7)8/h9-10H2,1-8,16H3. The quantitative estimate of drug-likeness (QED) is 0.686. The zero-order valence-electron chi connectivity index (χ0n) is 12.9. The fourth-order valence-corrected chi connectivity index (χ4v) is 3.25. The van der Waals surface area contributed by atoms with Gasteiger partial charge in [-0.1, -0.05) is 19.0 Å². The fourth-order valence-electron chi connectivity index (χ4n) is 2.67. The maximum Gasteiger partial charge on any atom is 0.0355 e. The lowest BCUT2D eigenvalue weighted by atomic mass is 9.94. The third-order valence-corrected chi connectivity index (χ3v) is 4.25. The lowest BCUT2D eigenvalue weighted by molar-refractivity contribution is 0.0745. The summed E-state index contributed by atoms with van der Waals surface area (Å²) >= 11 is 0. The Morgan fingerprint density at radius 2 is 1.25 bits per heavy atom. The molecule has 0 radical (unpaired) electrons. The minimum Gasteiger partial charge on any atom is -0.366 e. The van der Waals surface area contributed by atoms with Crippen LogP contribution in [0.25, 0.3) is 0 Å². The average Bonchev–Trinajstić information content (AvgIpc) is 2.08. The topological polar surface area (TPSA) is 3.24 Å². The summed E-state index contributed by atoms with van der Waals surface area (Å²) in [4.78, 5) is 2.62. The maximum absolute atomic E-state index is 2.62. The van der Waals surface area contributed by atoms with Crippen molar-refractivity contribution in [3.05, 3.63) is 10.9 Å². The van der Waals surface area contributed by atoms with Crippen molar-refractivity contribution in [2.24, 2.45) is 0 Å². The molecule has 2 heteroatoms. The Bertz CT molecular complexity index is 239. The molecule has 0 aliphatic heterocycles. The molecule has 16 heavy (non-hydrogen) atoms. The fraction of sp³-hybridized carbons (Fsp3) is 0.857. The molecule has 0 saturated carbocycles. The summed E-state index contributed by atoms with van der Waals surface area (Å²) in [5, 5.41) is 1.66. The van der Waals surface area contributed by atoms with E-state index < -0.39 is 0 Å². The minimum atomic E-state index is 0.203. The van der Waals surface area contributed by atoms with E-state index in [0.29, 0.717) is 0 Å². The molecule has 0 rings (SSSR count). The van der Waals surface area contributed by atoms with Gasteiger partial charge in [-0.2, -0.15) is 0 Å². The van der Waals surface area contributed by atoms with Crippen molar-refractivity contribution >= 4 is 10.2 Å². The summed E-state index contributed by atoms with van der Waals surface area (Å²) in [5.74, 6) is 0.